The van der Waals surface area contributed by atoms with Gasteiger partial charge in [0.25, 0.3) is 0 Å². The van der Waals surface area contributed by atoms with E-state index in [0.717, 1.165) is 11.6 Å². The molecule has 1 aliphatic heterocycles. The number of thiophene rings is 1. The van der Waals surface area contributed by atoms with Gasteiger partial charge in [0.15, 0.2) is 0 Å². The fourth-order valence-electron chi connectivity index (χ4n) is 1.71. The molecule has 0 aliphatic carbocycles. The third kappa shape index (κ3) is 1.15. The van der Waals surface area contributed by atoms with Gasteiger partial charge < -0.3 is 5.32 Å². The molecule has 0 unspecified atom stereocenters. The van der Waals surface area contributed by atoms with Crippen molar-refractivity contribution < 1.29 is 0 Å². The zero-order chi connectivity index (χ0) is 9.54. The first-order chi connectivity index (χ1) is 6.84. The van der Waals surface area contributed by atoms with Crippen LogP contribution in [0.3, 0.4) is 0 Å². The van der Waals surface area contributed by atoms with Crippen molar-refractivity contribution in [1.29, 1.82) is 0 Å². The standard InChI is InChI=1S/C11H8ClNS/c12-7-5-9-8-3-1-2-4-10(8)14-11(9)13-6-7/h1-5,13H,6H2. The van der Waals surface area contributed by atoms with E-state index in [4.69, 9.17) is 11.6 Å². The Balaban J connectivity index is 2.37. The highest BCUT2D eigenvalue weighted by molar-refractivity contribution is 7.23. The van der Waals surface area contributed by atoms with Gasteiger partial charge in [-0.15, -0.1) is 11.3 Å². The zero-order valence-electron chi connectivity index (χ0n) is 7.38. The summed E-state index contributed by atoms with van der Waals surface area (Å²) in [6, 6.07) is 8.40. The van der Waals surface area contributed by atoms with E-state index in [1.54, 1.807) is 11.3 Å². The van der Waals surface area contributed by atoms with Crippen molar-refractivity contribution in [2.24, 2.45) is 0 Å². The lowest BCUT2D eigenvalue weighted by Gasteiger charge is -2.10. The van der Waals surface area contributed by atoms with E-state index in [9.17, 15) is 0 Å². The highest BCUT2D eigenvalue weighted by Crippen LogP contribution is 2.39. The molecule has 14 heavy (non-hydrogen) atoms. The summed E-state index contributed by atoms with van der Waals surface area (Å²) in [4.78, 5) is 0. The van der Waals surface area contributed by atoms with Crippen LogP contribution in [0, 0.1) is 0 Å². The van der Waals surface area contributed by atoms with Gasteiger partial charge in [0.2, 0.25) is 0 Å². The van der Waals surface area contributed by atoms with Crippen LogP contribution in [0.25, 0.3) is 16.2 Å². The second-order valence-electron chi connectivity index (χ2n) is 3.29. The maximum absolute atomic E-state index is 6.00. The van der Waals surface area contributed by atoms with Crippen LogP contribution in [0.5, 0.6) is 0 Å². The van der Waals surface area contributed by atoms with Crippen LogP contribution < -0.4 is 5.32 Å². The summed E-state index contributed by atoms with van der Waals surface area (Å²) in [5, 5.41) is 6.72. The van der Waals surface area contributed by atoms with Crippen molar-refractivity contribution in [2.45, 2.75) is 0 Å². The first-order valence-corrected chi connectivity index (χ1v) is 5.65. The molecule has 3 rings (SSSR count). The molecular weight excluding hydrogens is 214 g/mol. The van der Waals surface area contributed by atoms with E-state index in [0.29, 0.717) is 0 Å². The minimum Gasteiger partial charge on any atom is -0.371 e. The summed E-state index contributed by atoms with van der Waals surface area (Å²) < 4.78 is 1.31. The maximum Gasteiger partial charge on any atom is 0.0972 e. The molecular formula is C11H8ClNS. The van der Waals surface area contributed by atoms with E-state index in [1.165, 1.54) is 20.7 Å². The zero-order valence-corrected chi connectivity index (χ0v) is 8.95. The van der Waals surface area contributed by atoms with Gasteiger partial charge in [0.1, 0.15) is 0 Å². The lowest BCUT2D eigenvalue weighted by Crippen LogP contribution is -2.04. The highest BCUT2D eigenvalue weighted by atomic mass is 35.5. The molecule has 2 aromatic rings. The van der Waals surface area contributed by atoms with Gasteiger partial charge in [-0.25, -0.2) is 0 Å². The molecule has 1 nitrogen and oxygen atoms in total. The monoisotopic (exact) mass is 221 g/mol. The summed E-state index contributed by atoms with van der Waals surface area (Å²) in [5.74, 6) is 0. The molecule has 70 valence electrons. The number of nitrogens with one attached hydrogen (secondary N) is 1. The first kappa shape index (κ1) is 8.33. The van der Waals surface area contributed by atoms with Gasteiger partial charge in [-0.2, -0.15) is 0 Å². The number of hydrogen-bond donors (Lipinski definition) is 1. The Bertz CT molecular complexity index is 527. The van der Waals surface area contributed by atoms with Crippen LogP contribution >= 0.6 is 22.9 Å². The number of rotatable bonds is 0. The Morgan fingerprint density at radius 1 is 1.29 bits per heavy atom. The van der Waals surface area contributed by atoms with Crippen molar-refractivity contribution in [1.82, 2.24) is 0 Å². The van der Waals surface area contributed by atoms with Crippen LogP contribution in [-0.4, -0.2) is 6.54 Å². The third-order valence-electron chi connectivity index (χ3n) is 2.35. The molecule has 1 aromatic carbocycles. The molecule has 0 saturated heterocycles. The fourth-order valence-corrected chi connectivity index (χ4v) is 2.97. The first-order valence-electron chi connectivity index (χ1n) is 4.46. The summed E-state index contributed by atoms with van der Waals surface area (Å²) >= 11 is 7.79. The van der Waals surface area contributed by atoms with E-state index >= 15 is 0 Å². The van der Waals surface area contributed by atoms with Crippen LogP contribution in [-0.2, 0) is 0 Å². The fraction of sp³-hybridized carbons (Fsp3) is 0.0909. The van der Waals surface area contributed by atoms with Crippen molar-refractivity contribution in [3.63, 3.8) is 0 Å². The predicted octanol–water partition coefficient (Wildman–Crippen LogP) is 3.91. The van der Waals surface area contributed by atoms with E-state index in [-0.39, 0.29) is 0 Å². The van der Waals surface area contributed by atoms with Crippen LogP contribution in [0.4, 0.5) is 5.00 Å². The van der Waals surface area contributed by atoms with Crippen molar-refractivity contribution in [3.8, 4) is 0 Å². The maximum atomic E-state index is 6.00. The second-order valence-corrected chi connectivity index (χ2v) is 4.82. The predicted molar refractivity (Wildman–Crippen MR) is 64.1 cm³/mol. The summed E-state index contributed by atoms with van der Waals surface area (Å²) in [7, 11) is 0. The number of halogens is 1. The Labute approximate surface area is 91.0 Å². The van der Waals surface area contributed by atoms with E-state index < -0.39 is 0 Å². The van der Waals surface area contributed by atoms with Gasteiger partial charge in [-0.1, -0.05) is 29.8 Å². The largest absolute Gasteiger partial charge is 0.371 e. The molecule has 0 saturated carbocycles. The minimum atomic E-state index is 0.751. The number of fused-ring (bicyclic) bond motifs is 3. The average molecular weight is 222 g/mol. The Kier molecular flexibility index (Phi) is 1.79. The number of anilines is 1. The van der Waals surface area contributed by atoms with Crippen molar-refractivity contribution in [3.05, 3.63) is 34.9 Å². The molecule has 2 heterocycles. The van der Waals surface area contributed by atoms with Gasteiger partial charge in [-0.3, -0.25) is 0 Å². The topological polar surface area (TPSA) is 12.0 Å². The van der Waals surface area contributed by atoms with Gasteiger partial charge in [0.05, 0.1) is 11.5 Å². The molecule has 1 aromatic heterocycles. The van der Waals surface area contributed by atoms with Gasteiger partial charge in [0, 0.05) is 20.7 Å². The van der Waals surface area contributed by atoms with Gasteiger partial charge in [-0.05, 0) is 12.1 Å². The lowest BCUT2D eigenvalue weighted by molar-refractivity contribution is 1.32. The quantitative estimate of drug-likeness (QED) is 0.712. The molecule has 1 N–H and O–H groups in total. The van der Waals surface area contributed by atoms with Crippen LogP contribution in [0.2, 0.25) is 0 Å². The summed E-state index contributed by atoms with van der Waals surface area (Å²) in [6.45, 7) is 0.751. The molecule has 0 spiro atoms. The molecule has 0 fully saturated rings. The average Bonchev–Trinajstić information content (AvgIpc) is 2.56. The summed E-state index contributed by atoms with van der Waals surface area (Å²) in [6.07, 6.45) is 2.06. The SMILES string of the molecule is ClC1=Cc2c(sc3ccccc23)NC1. The molecule has 0 bridgehead atoms. The lowest BCUT2D eigenvalue weighted by atomic mass is 10.1. The minimum absolute atomic E-state index is 0.751. The van der Waals surface area contributed by atoms with Gasteiger partial charge >= 0.3 is 0 Å². The molecule has 1 aliphatic rings. The third-order valence-corrected chi connectivity index (χ3v) is 3.74. The number of hydrogen-bond acceptors (Lipinski definition) is 2. The Hall–Kier alpha value is -0.990. The van der Waals surface area contributed by atoms with Crippen LogP contribution in [0.15, 0.2) is 29.3 Å². The Morgan fingerprint density at radius 3 is 3.07 bits per heavy atom. The van der Waals surface area contributed by atoms with Crippen molar-refractivity contribution >= 4 is 44.1 Å². The smallest absolute Gasteiger partial charge is 0.0972 e. The number of benzene rings is 1. The molecule has 0 amide bonds. The molecule has 0 radical (unpaired) electrons. The normalized spacial score (nSPS) is 14.8. The van der Waals surface area contributed by atoms with Crippen LogP contribution in [0.1, 0.15) is 5.56 Å². The molecule has 3 heteroatoms. The summed E-state index contributed by atoms with van der Waals surface area (Å²) in [5.41, 5.74) is 1.24. The highest BCUT2D eigenvalue weighted by Gasteiger charge is 2.13. The van der Waals surface area contributed by atoms with Crippen molar-refractivity contribution in [2.75, 3.05) is 11.9 Å². The molecule has 0 atom stereocenters. The second kappa shape index (κ2) is 3.01. The van der Waals surface area contributed by atoms with E-state index in [2.05, 4.69) is 35.7 Å². The van der Waals surface area contributed by atoms with E-state index in [1.807, 2.05) is 0 Å². The Morgan fingerprint density at radius 2 is 2.14 bits per heavy atom.